The van der Waals surface area contributed by atoms with Crippen molar-refractivity contribution in [2.45, 2.75) is 111 Å². The first-order valence-corrected chi connectivity index (χ1v) is 10.5. The molecule has 0 spiro atoms. The van der Waals surface area contributed by atoms with E-state index >= 15 is 0 Å². The maximum Gasteiger partial charge on any atom is 0.179 e. The fraction of sp³-hybridized carbons (Fsp3) is 0.955. The smallest absolute Gasteiger partial charge is 0.179 e. The summed E-state index contributed by atoms with van der Waals surface area (Å²) in [4.78, 5) is 2.09. The van der Waals surface area contributed by atoms with Crippen LogP contribution in [0.25, 0.3) is 0 Å². The molecule has 0 saturated heterocycles. The Bertz CT molecular complexity index is 453. The average Bonchev–Trinajstić information content (AvgIpc) is 2.51. The normalized spacial score (nSPS) is 40.6. The lowest BCUT2D eigenvalue weighted by Crippen LogP contribution is -2.47. The highest BCUT2D eigenvalue weighted by Crippen LogP contribution is 2.56. The predicted molar refractivity (Wildman–Crippen MR) is 103 cm³/mol. The van der Waals surface area contributed by atoms with Gasteiger partial charge in [-0.1, -0.05) is 53.4 Å². The number of hydrogen-bond acceptors (Lipinski definition) is 2. The minimum Gasteiger partial charge on any atom is -0.308 e. The molecule has 2 nitrogen and oxygen atoms in total. The van der Waals surface area contributed by atoms with Crippen LogP contribution in [0.5, 0.6) is 0 Å². The van der Waals surface area contributed by atoms with Crippen molar-refractivity contribution in [2.75, 3.05) is 6.54 Å². The summed E-state index contributed by atoms with van der Waals surface area (Å²) in [7, 11) is 0. The average molecular weight is 333 g/mol. The van der Waals surface area contributed by atoms with Crippen molar-refractivity contribution in [3.63, 3.8) is 0 Å². The van der Waals surface area contributed by atoms with Crippen molar-refractivity contribution in [3.8, 4) is 6.19 Å². The van der Waals surface area contributed by atoms with E-state index in [1.807, 2.05) is 0 Å². The van der Waals surface area contributed by atoms with Crippen molar-refractivity contribution >= 4 is 0 Å². The Balaban J connectivity index is 2.42. The maximum absolute atomic E-state index is 9.71. The molecule has 4 unspecified atom stereocenters. The fourth-order valence-electron chi connectivity index (χ4n) is 6.02. The number of rotatable bonds is 4. The van der Waals surface area contributed by atoms with E-state index in [0.29, 0.717) is 22.3 Å². The minimum atomic E-state index is 0.372. The predicted octanol–water partition coefficient (Wildman–Crippen LogP) is 6.52. The molecule has 3 saturated carbocycles. The largest absolute Gasteiger partial charge is 0.308 e. The number of nitriles is 1. The van der Waals surface area contributed by atoms with E-state index in [1.54, 1.807) is 0 Å². The molecular formula is C22H40N2. The summed E-state index contributed by atoms with van der Waals surface area (Å²) >= 11 is 0. The Morgan fingerprint density at radius 3 is 2.25 bits per heavy atom. The highest BCUT2D eigenvalue weighted by atomic mass is 15.1. The number of fused-ring (bicyclic) bond motifs is 8. The van der Waals surface area contributed by atoms with Gasteiger partial charge in [0.25, 0.3) is 0 Å². The molecule has 4 atom stereocenters. The first-order valence-electron chi connectivity index (χ1n) is 10.5. The summed E-state index contributed by atoms with van der Waals surface area (Å²) in [6.45, 7) is 13.0. The van der Waals surface area contributed by atoms with Gasteiger partial charge in [0.15, 0.2) is 6.19 Å². The van der Waals surface area contributed by atoms with Gasteiger partial charge < -0.3 is 4.90 Å². The van der Waals surface area contributed by atoms with Crippen LogP contribution in [0.15, 0.2) is 0 Å². The van der Waals surface area contributed by atoms with Crippen LogP contribution < -0.4 is 0 Å². The molecule has 0 heterocycles. The second-order valence-corrected chi connectivity index (χ2v) is 9.69. The molecule has 138 valence electrons. The molecule has 0 radical (unpaired) electrons. The quantitative estimate of drug-likeness (QED) is 0.433. The zero-order chi connectivity index (χ0) is 17.8. The van der Waals surface area contributed by atoms with Crippen LogP contribution >= 0.6 is 0 Å². The Labute approximate surface area is 151 Å². The molecule has 2 bridgehead atoms. The van der Waals surface area contributed by atoms with Crippen molar-refractivity contribution in [3.05, 3.63) is 0 Å². The Morgan fingerprint density at radius 1 is 0.958 bits per heavy atom. The second kappa shape index (κ2) is 7.67. The van der Waals surface area contributed by atoms with Crippen LogP contribution in [0.4, 0.5) is 0 Å². The van der Waals surface area contributed by atoms with Gasteiger partial charge in [0.2, 0.25) is 0 Å². The second-order valence-electron chi connectivity index (χ2n) is 9.69. The van der Waals surface area contributed by atoms with Crippen LogP contribution in [0.1, 0.15) is 105 Å². The van der Waals surface area contributed by atoms with Crippen LogP contribution in [-0.2, 0) is 0 Å². The Kier molecular flexibility index (Phi) is 6.27. The van der Waals surface area contributed by atoms with Gasteiger partial charge in [0.1, 0.15) is 0 Å². The van der Waals surface area contributed by atoms with Gasteiger partial charge in [-0.3, -0.25) is 0 Å². The summed E-state index contributed by atoms with van der Waals surface area (Å²) in [5, 5.41) is 9.71. The lowest BCUT2D eigenvalue weighted by atomic mass is 9.53. The molecule has 0 aliphatic heterocycles. The maximum atomic E-state index is 9.71. The molecule has 2 heteroatoms. The molecule has 3 fully saturated rings. The molecule has 0 aromatic carbocycles. The summed E-state index contributed by atoms with van der Waals surface area (Å²) in [5.41, 5.74) is 1.24. The highest BCUT2D eigenvalue weighted by Gasteiger charge is 2.48. The van der Waals surface area contributed by atoms with E-state index < -0.39 is 0 Å². The van der Waals surface area contributed by atoms with E-state index in [0.717, 1.165) is 6.54 Å². The first-order chi connectivity index (χ1) is 11.3. The zero-order valence-electron chi connectivity index (χ0n) is 17.0. The third-order valence-corrected chi connectivity index (χ3v) is 7.85. The Morgan fingerprint density at radius 2 is 1.62 bits per heavy atom. The lowest BCUT2D eigenvalue weighted by molar-refractivity contribution is -0.0262. The van der Waals surface area contributed by atoms with E-state index in [4.69, 9.17) is 0 Å². The standard InChI is InChI=1S/C22H40N2/c1-6-11-21(4)14-9-8-12-20(3)13-10-15-22(21,5)17-19(16-20)24(7-2)18-23/h19H,6-17H2,1-5H3. The van der Waals surface area contributed by atoms with Gasteiger partial charge in [-0.15, -0.1) is 0 Å². The molecule has 24 heavy (non-hydrogen) atoms. The molecule has 3 rings (SSSR count). The van der Waals surface area contributed by atoms with Crippen LogP contribution in [0.2, 0.25) is 0 Å². The fourth-order valence-corrected chi connectivity index (χ4v) is 6.02. The van der Waals surface area contributed by atoms with Gasteiger partial charge in [-0.2, -0.15) is 5.26 Å². The first kappa shape index (κ1) is 19.6. The summed E-state index contributed by atoms with van der Waals surface area (Å²) in [5.74, 6) is 0. The monoisotopic (exact) mass is 332 g/mol. The third kappa shape index (κ3) is 3.92. The highest BCUT2D eigenvalue weighted by molar-refractivity contribution is 5.01. The minimum absolute atomic E-state index is 0.372. The molecule has 0 aromatic rings. The molecular weight excluding hydrogens is 292 g/mol. The number of nitrogens with zero attached hydrogens (tertiary/aromatic N) is 2. The van der Waals surface area contributed by atoms with Crippen molar-refractivity contribution in [2.24, 2.45) is 16.2 Å². The van der Waals surface area contributed by atoms with Gasteiger partial charge in [0, 0.05) is 12.6 Å². The third-order valence-electron chi connectivity index (χ3n) is 7.85. The topological polar surface area (TPSA) is 27.0 Å². The van der Waals surface area contributed by atoms with Gasteiger partial charge in [-0.25, -0.2) is 0 Å². The lowest BCUT2D eigenvalue weighted by Gasteiger charge is -2.53. The molecule has 3 aliphatic rings. The SMILES string of the molecule is CCCC1(C)CCCCC2(C)CCCC1(C)CC(N(C#N)CC)C2. The number of hydrogen-bond donors (Lipinski definition) is 0. The van der Waals surface area contributed by atoms with E-state index in [9.17, 15) is 5.26 Å². The Hall–Kier alpha value is -0.710. The van der Waals surface area contributed by atoms with E-state index in [-0.39, 0.29) is 0 Å². The van der Waals surface area contributed by atoms with Crippen molar-refractivity contribution in [1.82, 2.24) is 4.90 Å². The van der Waals surface area contributed by atoms with E-state index in [2.05, 4.69) is 45.7 Å². The van der Waals surface area contributed by atoms with Crippen molar-refractivity contribution < 1.29 is 0 Å². The van der Waals surface area contributed by atoms with Crippen LogP contribution in [0.3, 0.4) is 0 Å². The van der Waals surface area contributed by atoms with Gasteiger partial charge in [-0.05, 0) is 68.1 Å². The van der Waals surface area contributed by atoms with E-state index in [1.165, 1.54) is 70.6 Å². The zero-order valence-corrected chi connectivity index (χ0v) is 17.0. The summed E-state index contributed by atoms with van der Waals surface area (Å²) in [6, 6.07) is 0.435. The van der Waals surface area contributed by atoms with Gasteiger partial charge in [0.05, 0.1) is 0 Å². The summed E-state index contributed by atoms with van der Waals surface area (Å²) < 4.78 is 0. The summed E-state index contributed by atoms with van der Waals surface area (Å²) in [6.07, 6.45) is 17.1. The van der Waals surface area contributed by atoms with Crippen molar-refractivity contribution in [1.29, 1.82) is 5.26 Å². The van der Waals surface area contributed by atoms with Crippen LogP contribution in [0, 0.1) is 27.7 Å². The molecule has 0 N–H and O–H groups in total. The molecule has 0 aromatic heterocycles. The van der Waals surface area contributed by atoms with Crippen LogP contribution in [-0.4, -0.2) is 17.5 Å². The molecule has 3 aliphatic carbocycles. The molecule has 0 amide bonds. The van der Waals surface area contributed by atoms with Gasteiger partial charge >= 0.3 is 0 Å².